The molecule has 0 aromatic heterocycles. The predicted molar refractivity (Wildman–Crippen MR) is 157 cm³/mol. The van der Waals surface area contributed by atoms with Crippen molar-refractivity contribution < 1.29 is 9.59 Å². The zero-order chi connectivity index (χ0) is 26.7. The van der Waals surface area contributed by atoms with E-state index in [1.54, 1.807) is 16.7 Å². The Bertz CT molecular complexity index is 1160. The van der Waals surface area contributed by atoms with Gasteiger partial charge in [-0.25, -0.2) is 0 Å². The van der Waals surface area contributed by atoms with Gasteiger partial charge < -0.3 is 10.2 Å². The molecule has 1 fully saturated rings. The normalized spacial score (nSPS) is 14.6. The van der Waals surface area contributed by atoms with Crippen LogP contribution in [0.5, 0.6) is 0 Å². The fourth-order valence-electron chi connectivity index (χ4n) is 4.92. The smallest absolute Gasteiger partial charge is 0.243 e. The van der Waals surface area contributed by atoms with Gasteiger partial charge in [-0.1, -0.05) is 91.0 Å². The summed E-state index contributed by atoms with van der Waals surface area (Å²) in [5.41, 5.74) is 3.24. The highest BCUT2D eigenvalue weighted by molar-refractivity contribution is 7.99. The number of nitrogens with one attached hydrogen (secondary N) is 1. The number of nitrogens with zero attached hydrogens (tertiary/aromatic N) is 1. The Morgan fingerprint density at radius 2 is 1.61 bits per heavy atom. The van der Waals surface area contributed by atoms with Crippen molar-refractivity contribution in [3.8, 4) is 0 Å². The summed E-state index contributed by atoms with van der Waals surface area (Å²) in [6.45, 7) is 2.46. The van der Waals surface area contributed by atoms with Gasteiger partial charge in [-0.2, -0.15) is 0 Å². The van der Waals surface area contributed by atoms with Crippen LogP contribution in [-0.4, -0.2) is 34.6 Å². The minimum absolute atomic E-state index is 0.00763. The molecule has 0 aliphatic heterocycles. The molecule has 200 valence electrons. The molecule has 1 atom stereocenters. The van der Waals surface area contributed by atoms with Crippen molar-refractivity contribution in [2.24, 2.45) is 0 Å². The third kappa shape index (κ3) is 8.64. The van der Waals surface area contributed by atoms with Gasteiger partial charge in [0.05, 0.1) is 0 Å². The summed E-state index contributed by atoms with van der Waals surface area (Å²) >= 11 is 7.65. The molecule has 3 aromatic carbocycles. The molecule has 0 bridgehead atoms. The highest BCUT2D eigenvalue weighted by atomic mass is 35.5. The van der Waals surface area contributed by atoms with Crippen molar-refractivity contribution in [3.63, 3.8) is 0 Å². The largest absolute Gasteiger partial charge is 0.352 e. The number of hydrogen-bond donors (Lipinski definition) is 1. The number of carbonyl (C=O) groups is 2. The summed E-state index contributed by atoms with van der Waals surface area (Å²) < 4.78 is 0. The van der Waals surface area contributed by atoms with Crippen molar-refractivity contribution in [1.82, 2.24) is 10.2 Å². The number of benzene rings is 3. The quantitative estimate of drug-likeness (QED) is 0.257. The maximum Gasteiger partial charge on any atom is 0.243 e. The van der Waals surface area contributed by atoms with Crippen LogP contribution >= 0.6 is 23.4 Å². The summed E-state index contributed by atoms with van der Waals surface area (Å²) in [6.07, 6.45) is 6.36. The summed E-state index contributed by atoms with van der Waals surface area (Å²) in [5, 5.41) is 4.00. The standard InChI is InChI=1S/C32H37ClN2O2S/c1-24-12-14-26(15-13-24)23-35(31(36)20-21-38-29-18-16-27(33)17-19-29)30(22-25-8-4-2-5-9-25)32(37)34-28-10-6-3-7-11-28/h2,4-5,8-9,12-19,28,30H,3,6-7,10-11,20-23H2,1H3,(H,34,37). The monoisotopic (exact) mass is 548 g/mol. The molecule has 1 unspecified atom stereocenters. The second-order valence-corrected chi connectivity index (χ2v) is 11.7. The van der Waals surface area contributed by atoms with Gasteiger partial charge in [0.2, 0.25) is 11.8 Å². The zero-order valence-electron chi connectivity index (χ0n) is 22.1. The first-order valence-electron chi connectivity index (χ1n) is 13.6. The Morgan fingerprint density at radius 1 is 0.921 bits per heavy atom. The first-order valence-corrected chi connectivity index (χ1v) is 14.9. The molecule has 1 N–H and O–H groups in total. The van der Waals surface area contributed by atoms with E-state index in [9.17, 15) is 9.59 Å². The summed E-state index contributed by atoms with van der Waals surface area (Å²) in [4.78, 5) is 30.5. The average molecular weight is 549 g/mol. The van der Waals surface area contributed by atoms with Gasteiger partial charge in [0.25, 0.3) is 0 Å². The molecule has 1 aliphatic carbocycles. The van der Waals surface area contributed by atoms with Gasteiger partial charge in [0.1, 0.15) is 6.04 Å². The van der Waals surface area contributed by atoms with E-state index in [2.05, 4.69) is 36.5 Å². The molecule has 0 saturated heterocycles. The van der Waals surface area contributed by atoms with Crippen molar-refractivity contribution in [2.75, 3.05) is 5.75 Å². The van der Waals surface area contributed by atoms with E-state index in [4.69, 9.17) is 11.6 Å². The molecule has 38 heavy (non-hydrogen) atoms. The van der Waals surface area contributed by atoms with Crippen molar-refractivity contribution in [3.05, 3.63) is 101 Å². The average Bonchev–Trinajstić information content (AvgIpc) is 2.94. The van der Waals surface area contributed by atoms with E-state index in [0.717, 1.165) is 41.7 Å². The van der Waals surface area contributed by atoms with Crippen molar-refractivity contribution in [1.29, 1.82) is 0 Å². The first kappa shape index (κ1) is 28.3. The second-order valence-electron chi connectivity index (χ2n) is 10.1. The van der Waals surface area contributed by atoms with E-state index < -0.39 is 6.04 Å². The van der Waals surface area contributed by atoms with Crippen molar-refractivity contribution >= 4 is 35.2 Å². The van der Waals surface area contributed by atoms with Crippen LogP contribution < -0.4 is 5.32 Å². The molecule has 1 aliphatic rings. The first-order chi connectivity index (χ1) is 18.5. The van der Waals surface area contributed by atoms with E-state index in [1.165, 1.54) is 12.0 Å². The molecule has 3 aromatic rings. The van der Waals surface area contributed by atoms with Crippen molar-refractivity contribution in [2.45, 2.75) is 75.4 Å². The summed E-state index contributed by atoms with van der Waals surface area (Å²) in [5.74, 6) is 0.575. The number of hydrogen-bond acceptors (Lipinski definition) is 3. The number of amides is 2. The number of aryl methyl sites for hydroxylation is 1. The van der Waals surface area contributed by atoms with E-state index in [1.807, 2.05) is 54.6 Å². The third-order valence-corrected chi connectivity index (χ3v) is 8.36. The van der Waals surface area contributed by atoms with E-state index in [0.29, 0.717) is 30.2 Å². The number of thioether (sulfide) groups is 1. The Balaban J connectivity index is 1.55. The second kappa shape index (κ2) is 14.4. The van der Waals surface area contributed by atoms with Crippen LogP contribution in [0.4, 0.5) is 0 Å². The number of rotatable bonds is 11. The van der Waals surface area contributed by atoms with E-state index in [-0.39, 0.29) is 17.9 Å². The highest BCUT2D eigenvalue weighted by Crippen LogP contribution is 2.23. The molecule has 1 saturated carbocycles. The molecule has 2 amide bonds. The molecular weight excluding hydrogens is 512 g/mol. The maximum absolute atomic E-state index is 13.8. The molecule has 0 spiro atoms. The van der Waals surface area contributed by atoms with Gasteiger partial charge >= 0.3 is 0 Å². The van der Waals surface area contributed by atoms with Crippen LogP contribution in [0.2, 0.25) is 5.02 Å². The lowest BCUT2D eigenvalue weighted by Crippen LogP contribution is -2.52. The highest BCUT2D eigenvalue weighted by Gasteiger charge is 2.31. The number of halogens is 1. The molecule has 4 rings (SSSR count). The molecule has 4 nitrogen and oxygen atoms in total. The van der Waals surface area contributed by atoms with Gasteiger partial charge in [-0.15, -0.1) is 11.8 Å². The minimum atomic E-state index is -0.575. The van der Waals surface area contributed by atoms with Gasteiger partial charge in [-0.3, -0.25) is 9.59 Å². The van der Waals surface area contributed by atoms with Crippen LogP contribution in [0.1, 0.15) is 55.2 Å². The summed E-state index contributed by atoms with van der Waals surface area (Å²) in [6, 6.07) is 25.5. The maximum atomic E-state index is 13.8. The topological polar surface area (TPSA) is 49.4 Å². The van der Waals surface area contributed by atoms with Gasteiger partial charge in [0, 0.05) is 41.1 Å². The molecule has 0 heterocycles. The molecule has 0 radical (unpaired) electrons. The lowest BCUT2D eigenvalue weighted by molar-refractivity contribution is -0.141. The van der Waals surface area contributed by atoms with Crippen LogP contribution in [-0.2, 0) is 22.6 Å². The fourth-order valence-corrected chi connectivity index (χ4v) is 5.89. The predicted octanol–water partition coefficient (Wildman–Crippen LogP) is 7.22. The van der Waals surface area contributed by atoms with Crippen LogP contribution in [0.25, 0.3) is 0 Å². The SMILES string of the molecule is Cc1ccc(CN(C(=O)CCSc2ccc(Cl)cc2)C(Cc2ccccc2)C(=O)NC2CCCCC2)cc1. The Kier molecular flexibility index (Phi) is 10.7. The minimum Gasteiger partial charge on any atom is -0.352 e. The van der Waals surface area contributed by atoms with Gasteiger partial charge in [-0.05, 0) is 55.2 Å². The van der Waals surface area contributed by atoms with Crippen LogP contribution in [0, 0.1) is 6.92 Å². The lowest BCUT2D eigenvalue weighted by Gasteiger charge is -2.33. The van der Waals surface area contributed by atoms with Gasteiger partial charge in [0.15, 0.2) is 0 Å². The third-order valence-electron chi connectivity index (χ3n) is 7.09. The Labute approximate surface area is 236 Å². The molecule has 6 heteroatoms. The van der Waals surface area contributed by atoms with Crippen LogP contribution in [0.3, 0.4) is 0 Å². The van der Waals surface area contributed by atoms with Crippen LogP contribution in [0.15, 0.2) is 83.8 Å². The Morgan fingerprint density at radius 3 is 2.29 bits per heavy atom. The zero-order valence-corrected chi connectivity index (χ0v) is 23.6. The lowest BCUT2D eigenvalue weighted by atomic mass is 9.94. The van der Waals surface area contributed by atoms with E-state index >= 15 is 0 Å². The summed E-state index contributed by atoms with van der Waals surface area (Å²) in [7, 11) is 0. The molecular formula is C32H37ClN2O2S. The number of carbonyl (C=O) groups excluding carboxylic acids is 2. The fraction of sp³-hybridized carbons (Fsp3) is 0.375. The Hall–Kier alpha value is -2.76.